The predicted octanol–water partition coefficient (Wildman–Crippen LogP) is 0.732. The second-order valence-corrected chi connectivity index (χ2v) is 1.62. The molecule has 1 nitrogen and oxygen atoms in total. The third-order valence-corrected chi connectivity index (χ3v) is 0.897. The summed E-state index contributed by atoms with van der Waals surface area (Å²) in [5, 5.41) is 8.27. The van der Waals surface area contributed by atoms with Crippen molar-refractivity contribution in [3.8, 4) is 0 Å². The maximum atomic E-state index is 8.27. The van der Waals surface area contributed by atoms with Gasteiger partial charge in [0.2, 0.25) is 0 Å². The minimum Gasteiger partial charge on any atom is -0.396 e. The van der Waals surface area contributed by atoms with Crippen molar-refractivity contribution in [2.24, 2.45) is 0 Å². The molecule has 2 heteroatoms. The first-order valence-electron chi connectivity index (χ1n) is 3.31. The lowest BCUT2D eigenvalue weighted by molar-refractivity contribution is 0.296. The number of thioether (sulfide) groups is 1. The van der Waals surface area contributed by atoms with Crippen LogP contribution in [0.25, 0.3) is 0 Å². The molecule has 38 valence electrons. The Labute approximate surface area is 47.0 Å². The van der Waals surface area contributed by atoms with Crippen LogP contribution in [0.2, 0.25) is 0 Å². The van der Waals surface area contributed by atoms with Gasteiger partial charge in [-0.15, -0.1) is 0 Å². The monoisotopic (exact) mass is 109 g/mol. The summed E-state index contributed by atoms with van der Waals surface area (Å²) in [5.74, 6) is 0.507. The summed E-state index contributed by atoms with van der Waals surface area (Å²) in [5.41, 5.74) is 0. The van der Waals surface area contributed by atoms with Crippen LogP contribution in [0.3, 0.4) is 0 Å². The first-order valence-corrected chi connectivity index (χ1v) is 2.79. The van der Waals surface area contributed by atoms with Crippen molar-refractivity contribution in [1.29, 1.82) is 0 Å². The SMILES string of the molecule is [2H]C([2H])([2H])SCCCO. The fraction of sp³-hybridized carbons (Fsp3) is 1.00. The van der Waals surface area contributed by atoms with Crippen LogP contribution in [0.5, 0.6) is 0 Å². The molecule has 0 amide bonds. The standard InChI is InChI=1S/C4H10OS/c1-6-4-2-3-5/h5H,2-4H2,1H3/i1D3. The molecule has 0 aromatic carbocycles. The van der Waals surface area contributed by atoms with Crippen molar-refractivity contribution >= 4 is 11.8 Å². The zero-order valence-electron chi connectivity index (χ0n) is 6.48. The van der Waals surface area contributed by atoms with E-state index < -0.39 is 6.18 Å². The molecule has 0 rings (SSSR count). The molecule has 1 N–H and O–H groups in total. The topological polar surface area (TPSA) is 20.2 Å². The molecule has 0 aromatic rings. The third kappa shape index (κ3) is 4.31. The Kier molecular flexibility index (Phi) is 2.28. The van der Waals surface area contributed by atoms with E-state index in [1.165, 1.54) is 0 Å². The Hall–Kier alpha value is 0.310. The van der Waals surface area contributed by atoms with Gasteiger partial charge in [0, 0.05) is 10.7 Å². The quantitative estimate of drug-likeness (QED) is 0.539. The number of hydrogen-bond acceptors (Lipinski definition) is 2. The lowest BCUT2D eigenvalue weighted by Gasteiger charge is -1.86. The maximum Gasteiger partial charge on any atom is 0.0438 e. The largest absolute Gasteiger partial charge is 0.396 e. The first-order chi connectivity index (χ1) is 4.06. The normalized spacial score (nSPS) is 18.5. The van der Waals surface area contributed by atoms with Crippen LogP contribution in [0.15, 0.2) is 0 Å². The second-order valence-electron chi connectivity index (χ2n) is 0.926. The summed E-state index contributed by atoms with van der Waals surface area (Å²) in [6.45, 7) is 0.0725. The van der Waals surface area contributed by atoms with E-state index >= 15 is 0 Å². The second kappa shape index (κ2) is 5.31. The van der Waals surface area contributed by atoms with E-state index in [0.29, 0.717) is 12.2 Å². The van der Waals surface area contributed by atoms with Gasteiger partial charge in [0.1, 0.15) is 0 Å². The molecular formula is C4H10OS. The Morgan fingerprint density at radius 1 is 2.00 bits per heavy atom. The molecule has 0 saturated heterocycles. The van der Waals surface area contributed by atoms with Crippen LogP contribution in [0.4, 0.5) is 0 Å². The fourth-order valence-corrected chi connectivity index (χ4v) is 0.410. The Balaban J connectivity index is 3.07. The Bertz CT molecular complexity index is 72.7. The number of aliphatic hydroxyl groups excluding tert-OH is 1. The van der Waals surface area contributed by atoms with E-state index in [4.69, 9.17) is 9.22 Å². The molecule has 0 atom stereocenters. The smallest absolute Gasteiger partial charge is 0.0438 e. The summed E-state index contributed by atoms with van der Waals surface area (Å²) in [7, 11) is 0. The molecule has 0 unspecified atom stereocenters. The van der Waals surface area contributed by atoms with Gasteiger partial charge in [-0.2, -0.15) is 11.8 Å². The van der Waals surface area contributed by atoms with Crippen LogP contribution < -0.4 is 0 Å². The molecule has 0 radical (unpaired) electrons. The fourth-order valence-electron chi connectivity index (χ4n) is 0.137. The van der Waals surface area contributed by atoms with Gasteiger partial charge < -0.3 is 5.11 Å². The molecule has 0 aliphatic rings. The Morgan fingerprint density at radius 2 is 2.83 bits per heavy atom. The molecule has 0 aliphatic carbocycles. The molecule has 0 bridgehead atoms. The zero-order valence-corrected chi connectivity index (χ0v) is 4.29. The van der Waals surface area contributed by atoms with E-state index in [2.05, 4.69) is 0 Å². The predicted molar refractivity (Wildman–Crippen MR) is 30.1 cm³/mol. The number of hydrogen-bond donors (Lipinski definition) is 1. The van der Waals surface area contributed by atoms with Gasteiger partial charge in [0.05, 0.1) is 0 Å². The lowest BCUT2D eigenvalue weighted by Crippen LogP contribution is -1.82. The van der Waals surface area contributed by atoms with Crippen LogP contribution in [0, 0.1) is 0 Å². The highest BCUT2D eigenvalue weighted by molar-refractivity contribution is 7.98. The highest BCUT2D eigenvalue weighted by atomic mass is 32.2. The van der Waals surface area contributed by atoms with Crippen LogP contribution in [-0.4, -0.2) is 23.7 Å². The molecular weight excluding hydrogens is 96.1 g/mol. The van der Waals surface area contributed by atoms with E-state index in [-0.39, 0.29) is 6.61 Å². The highest BCUT2D eigenvalue weighted by Crippen LogP contribution is 1.92. The van der Waals surface area contributed by atoms with Gasteiger partial charge in [-0.1, -0.05) is 0 Å². The Morgan fingerprint density at radius 3 is 3.33 bits per heavy atom. The molecule has 0 aliphatic heterocycles. The minimum absolute atomic E-state index is 0.0725. The zero-order chi connectivity index (χ0) is 7.33. The van der Waals surface area contributed by atoms with Gasteiger partial charge >= 0.3 is 0 Å². The average Bonchev–Trinajstić information content (AvgIpc) is 1.63. The molecule has 0 saturated carbocycles. The van der Waals surface area contributed by atoms with Gasteiger partial charge in [-0.3, -0.25) is 0 Å². The van der Waals surface area contributed by atoms with Crippen LogP contribution in [-0.2, 0) is 0 Å². The van der Waals surface area contributed by atoms with Gasteiger partial charge in [0.25, 0.3) is 0 Å². The molecule has 6 heavy (non-hydrogen) atoms. The summed E-state index contributed by atoms with van der Waals surface area (Å²) in [6, 6.07) is 0. The van der Waals surface area contributed by atoms with Gasteiger partial charge in [-0.05, 0) is 18.4 Å². The average molecular weight is 109 g/mol. The van der Waals surface area contributed by atoms with Crippen molar-refractivity contribution in [1.82, 2.24) is 0 Å². The van der Waals surface area contributed by atoms with E-state index in [0.717, 1.165) is 11.8 Å². The van der Waals surface area contributed by atoms with Crippen LogP contribution >= 0.6 is 11.8 Å². The molecule has 0 fully saturated rings. The van der Waals surface area contributed by atoms with Crippen molar-refractivity contribution in [2.75, 3.05) is 18.5 Å². The van der Waals surface area contributed by atoms with Crippen molar-refractivity contribution < 1.29 is 9.22 Å². The van der Waals surface area contributed by atoms with E-state index in [9.17, 15) is 0 Å². The number of aliphatic hydroxyl groups is 1. The summed E-state index contributed by atoms with van der Waals surface area (Å²) < 4.78 is 20.2. The number of rotatable bonds is 3. The molecule has 0 aromatic heterocycles. The van der Waals surface area contributed by atoms with Crippen molar-refractivity contribution in [3.05, 3.63) is 0 Å². The van der Waals surface area contributed by atoms with Gasteiger partial charge in [-0.25, -0.2) is 0 Å². The van der Waals surface area contributed by atoms with E-state index in [1.54, 1.807) is 0 Å². The summed E-state index contributed by atoms with van der Waals surface area (Å²) in [4.78, 5) is 0. The molecule has 0 spiro atoms. The molecule has 0 heterocycles. The van der Waals surface area contributed by atoms with Crippen molar-refractivity contribution in [2.45, 2.75) is 6.42 Å². The third-order valence-electron chi connectivity index (χ3n) is 0.405. The first kappa shape index (κ1) is 2.58. The highest BCUT2D eigenvalue weighted by Gasteiger charge is 1.76. The van der Waals surface area contributed by atoms with Crippen LogP contribution in [0.1, 0.15) is 10.5 Å². The van der Waals surface area contributed by atoms with E-state index in [1.807, 2.05) is 0 Å². The lowest BCUT2D eigenvalue weighted by atomic mass is 10.5. The van der Waals surface area contributed by atoms with Gasteiger partial charge in [0.15, 0.2) is 0 Å². The summed E-state index contributed by atoms with van der Waals surface area (Å²) in [6.07, 6.45) is -1.34. The summed E-state index contributed by atoms with van der Waals surface area (Å²) >= 11 is 0.898. The minimum atomic E-state index is -1.89. The van der Waals surface area contributed by atoms with Crippen molar-refractivity contribution in [3.63, 3.8) is 0 Å². The maximum absolute atomic E-state index is 8.27.